The maximum Gasteiger partial charge on any atom is 0.255 e. The number of methoxy groups -OCH3 is 2. The Morgan fingerprint density at radius 3 is 1.52 bits per heavy atom. The van der Waals surface area contributed by atoms with Crippen LogP contribution in [0.2, 0.25) is 0 Å². The van der Waals surface area contributed by atoms with Crippen LogP contribution in [0.5, 0.6) is 11.5 Å². The van der Waals surface area contributed by atoms with E-state index in [9.17, 15) is 9.59 Å². The highest BCUT2D eigenvalue weighted by atomic mass is 35.5. The predicted molar refractivity (Wildman–Crippen MR) is 244 cm³/mol. The molecule has 58 heavy (non-hydrogen) atoms. The lowest BCUT2D eigenvalue weighted by molar-refractivity contribution is 0.102. The number of rotatable bonds is 7. The molecule has 2 heterocycles. The minimum atomic E-state index is -0.451. The molecule has 2 aromatic heterocycles. The Morgan fingerprint density at radius 1 is 0.603 bits per heavy atom. The second kappa shape index (κ2) is 19.4. The van der Waals surface area contributed by atoms with E-state index in [0.29, 0.717) is 16.9 Å². The second-order valence-electron chi connectivity index (χ2n) is 13.3. The van der Waals surface area contributed by atoms with E-state index in [1.54, 1.807) is 85.4 Å². The number of hydrogen-bond acceptors (Lipinski definition) is 9. The van der Waals surface area contributed by atoms with Crippen LogP contribution in [0, 0.1) is 27.7 Å². The fourth-order valence-electron chi connectivity index (χ4n) is 5.87. The van der Waals surface area contributed by atoms with Crippen LogP contribution in [0.3, 0.4) is 0 Å². The first kappa shape index (κ1) is 43.1. The largest absolute Gasteiger partial charge is 0.497 e. The van der Waals surface area contributed by atoms with Crippen LogP contribution in [0.15, 0.2) is 121 Å². The van der Waals surface area contributed by atoms with Crippen molar-refractivity contribution in [2.75, 3.05) is 25.3 Å². The van der Waals surface area contributed by atoms with Gasteiger partial charge in [0, 0.05) is 33.6 Å². The normalized spacial score (nSPS) is 10.4. The standard InChI is InChI=1S/C23H20N2O2S.C15H14N2S.C8H7ClO2.CH4/c1-14-4-11-20-21(12-14)28-23(25-20)19-10-7-17(13-15(19)2)24-22(26)16-5-8-18(27-3)9-6-16;1-9-3-6-13-14(7-9)18-15(17-13)12-5-4-11(16)8-10(12)2;1-11-7-4-2-6(3-5-7)8(9)10;/h4-13H,1-3H3,(H,24,26);3-8H,16H2,1-2H3;2-5H,1H3;1H4. The first-order valence-corrected chi connectivity index (χ1v) is 19.9. The van der Waals surface area contributed by atoms with Crippen molar-refractivity contribution >= 4 is 77.2 Å². The zero-order chi connectivity index (χ0) is 40.6. The zero-order valence-electron chi connectivity index (χ0n) is 32.3. The summed E-state index contributed by atoms with van der Waals surface area (Å²) in [6.45, 7) is 8.30. The van der Waals surface area contributed by atoms with Gasteiger partial charge in [-0.05, 0) is 171 Å². The van der Waals surface area contributed by atoms with E-state index in [4.69, 9.17) is 36.8 Å². The van der Waals surface area contributed by atoms with Crippen molar-refractivity contribution in [1.82, 2.24) is 9.97 Å². The molecule has 8 rings (SSSR count). The molecule has 0 atom stereocenters. The smallest absolute Gasteiger partial charge is 0.255 e. The summed E-state index contributed by atoms with van der Waals surface area (Å²) < 4.78 is 12.4. The van der Waals surface area contributed by atoms with Crippen LogP contribution < -0.4 is 20.5 Å². The number of fused-ring (bicyclic) bond motifs is 2. The number of anilines is 2. The molecule has 0 saturated carbocycles. The van der Waals surface area contributed by atoms with Gasteiger partial charge in [0.2, 0.25) is 0 Å². The summed E-state index contributed by atoms with van der Waals surface area (Å²) >= 11 is 8.64. The average Bonchev–Trinajstić information content (AvgIpc) is 3.82. The molecular weight excluding hydrogens is 784 g/mol. The van der Waals surface area contributed by atoms with Gasteiger partial charge in [0.25, 0.3) is 11.1 Å². The quantitative estimate of drug-likeness (QED) is 0.121. The summed E-state index contributed by atoms with van der Waals surface area (Å²) in [6, 6.07) is 38.2. The van der Waals surface area contributed by atoms with Crippen molar-refractivity contribution in [3.05, 3.63) is 155 Å². The summed E-state index contributed by atoms with van der Waals surface area (Å²) in [6.07, 6.45) is 0. The topological polar surface area (TPSA) is 116 Å². The lowest BCUT2D eigenvalue weighted by Gasteiger charge is -2.09. The number of benzene rings is 6. The van der Waals surface area contributed by atoms with Crippen molar-refractivity contribution in [2.24, 2.45) is 0 Å². The molecule has 8 aromatic rings. The van der Waals surface area contributed by atoms with Crippen LogP contribution >= 0.6 is 34.3 Å². The van der Waals surface area contributed by atoms with E-state index < -0.39 is 5.24 Å². The molecule has 296 valence electrons. The summed E-state index contributed by atoms with van der Waals surface area (Å²) in [4.78, 5) is 32.5. The van der Waals surface area contributed by atoms with E-state index in [0.717, 1.165) is 49.3 Å². The van der Waals surface area contributed by atoms with Crippen LogP contribution in [-0.4, -0.2) is 35.3 Å². The number of thiazole rings is 2. The van der Waals surface area contributed by atoms with Crippen molar-refractivity contribution in [3.63, 3.8) is 0 Å². The molecule has 0 saturated heterocycles. The van der Waals surface area contributed by atoms with Crippen LogP contribution in [-0.2, 0) is 0 Å². The molecule has 0 aliphatic carbocycles. The van der Waals surface area contributed by atoms with Gasteiger partial charge in [-0.1, -0.05) is 19.6 Å². The Hall–Kier alpha value is -6.07. The van der Waals surface area contributed by atoms with E-state index in [1.807, 2.05) is 37.3 Å². The Kier molecular flexibility index (Phi) is 14.4. The summed E-state index contributed by atoms with van der Waals surface area (Å²) in [7, 11) is 3.17. The molecule has 0 spiro atoms. The van der Waals surface area contributed by atoms with Crippen LogP contribution in [0.4, 0.5) is 11.4 Å². The van der Waals surface area contributed by atoms with Gasteiger partial charge in [-0.25, -0.2) is 9.97 Å². The molecular formula is C47H45ClN4O4S2. The van der Waals surface area contributed by atoms with Crippen molar-refractivity contribution in [1.29, 1.82) is 0 Å². The lowest BCUT2D eigenvalue weighted by atomic mass is 10.1. The number of carbonyl (C=O) groups excluding carboxylic acids is 2. The highest BCUT2D eigenvalue weighted by Gasteiger charge is 2.12. The number of nitrogens with two attached hydrogens (primary N) is 1. The summed E-state index contributed by atoms with van der Waals surface area (Å²) in [5, 5.41) is 4.56. The van der Waals surface area contributed by atoms with Crippen molar-refractivity contribution < 1.29 is 19.1 Å². The SMILES string of the molecule is C.COc1ccc(C(=O)Cl)cc1.COc1ccc(C(=O)Nc2ccc(-c3nc4ccc(C)cc4s3)c(C)c2)cc1.Cc1ccc2nc(-c3ccc(N)cc3C)sc2c1. The summed E-state index contributed by atoms with van der Waals surface area (Å²) in [5.74, 6) is 1.29. The number of hydrogen-bond donors (Lipinski definition) is 2. The highest BCUT2D eigenvalue weighted by molar-refractivity contribution is 7.22. The van der Waals surface area contributed by atoms with E-state index in [2.05, 4.69) is 68.6 Å². The van der Waals surface area contributed by atoms with Gasteiger partial charge < -0.3 is 20.5 Å². The van der Waals surface area contributed by atoms with Gasteiger partial charge in [-0.3, -0.25) is 9.59 Å². The van der Waals surface area contributed by atoms with Gasteiger partial charge in [-0.15, -0.1) is 22.7 Å². The maximum absolute atomic E-state index is 12.5. The molecule has 1 amide bonds. The molecule has 0 aliphatic rings. The molecule has 6 aromatic carbocycles. The predicted octanol–water partition coefficient (Wildman–Crippen LogP) is 12.7. The number of nitrogens with one attached hydrogen (secondary N) is 1. The molecule has 0 aliphatic heterocycles. The number of nitrogen functional groups attached to an aromatic ring is 1. The minimum Gasteiger partial charge on any atom is -0.497 e. The van der Waals surface area contributed by atoms with Crippen LogP contribution in [0.25, 0.3) is 41.6 Å². The number of aromatic nitrogens is 2. The molecule has 0 fully saturated rings. The molecule has 8 nitrogen and oxygen atoms in total. The second-order valence-corrected chi connectivity index (χ2v) is 15.7. The Balaban J connectivity index is 0.000000183. The number of amides is 1. The molecule has 0 bridgehead atoms. The number of ether oxygens (including phenoxy) is 2. The maximum atomic E-state index is 12.5. The third-order valence-corrected chi connectivity index (χ3v) is 11.3. The van der Waals surface area contributed by atoms with Gasteiger partial charge in [0.15, 0.2) is 0 Å². The van der Waals surface area contributed by atoms with Gasteiger partial charge in [0.1, 0.15) is 21.5 Å². The number of halogens is 1. The van der Waals surface area contributed by atoms with Crippen molar-refractivity contribution in [2.45, 2.75) is 35.1 Å². The monoisotopic (exact) mass is 828 g/mol. The average molecular weight is 829 g/mol. The van der Waals surface area contributed by atoms with E-state index in [-0.39, 0.29) is 13.3 Å². The number of nitrogens with zero attached hydrogens (tertiary/aromatic N) is 2. The molecule has 0 radical (unpaired) electrons. The van der Waals surface area contributed by atoms with Gasteiger partial charge in [0.05, 0.1) is 34.7 Å². The van der Waals surface area contributed by atoms with Gasteiger partial charge >= 0.3 is 0 Å². The Morgan fingerprint density at radius 2 is 1.07 bits per heavy atom. The highest BCUT2D eigenvalue weighted by Crippen LogP contribution is 2.35. The Labute approximate surface area is 352 Å². The first-order chi connectivity index (χ1) is 27.4. The van der Waals surface area contributed by atoms with Crippen LogP contribution in [0.1, 0.15) is 50.4 Å². The van der Waals surface area contributed by atoms with E-state index in [1.165, 1.54) is 31.7 Å². The minimum absolute atomic E-state index is 0. The Bertz CT molecular complexity index is 2690. The summed E-state index contributed by atoms with van der Waals surface area (Å²) in [5.41, 5.74) is 17.5. The molecule has 3 N–H and O–H groups in total. The van der Waals surface area contributed by atoms with Crippen molar-refractivity contribution in [3.8, 4) is 32.6 Å². The zero-order valence-corrected chi connectivity index (χ0v) is 34.7. The van der Waals surface area contributed by atoms with Gasteiger partial charge in [-0.2, -0.15) is 0 Å². The lowest BCUT2D eigenvalue weighted by Crippen LogP contribution is -2.11. The fourth-order valence-corrected chi connectivity index (χ4v) is 8.30. The number of aryl methyl sites for hydroxylation is 4. The third-order valence-electron chi connectivity index (χ3n) is 8.95. The first-order valence-electron chi connectivity index (χ1n) is 17.9. The molecule has 11 heteroatoms. The molecule has 0 unspecified atom stereocenters. The fraction of sp³-hybridized carbons (Fsp3) is 0.149. The number of carbonyl (C=O) groups is 2. The third kappa shape index (κ3) is 10.7. The van der Waals surface area contributed by atoms with E-state index >= 15 is 0 Å².